The Morgan fingerprint density at radius 3 is 2.51 bits per heavy atom. The maximum Gasteiger partial charge on any atom is 0.459 e. The second-order valence-electron chi connectivity index (χ2n) is 7.57. The smallest absolute Gasteiger partial charge is 0.428 e. The van der Waals surface area contributed by atoms with E-state index < -0.39 is 36.0 Å². The van der Waals surface area contributed by atoms with Crippen molar-refractivity contribution in [3.8, 4) is 22.1 Å². The van der Waals surface area contributed by atoms with Crippen molar-refractivity contribution in [2.24, 2.45) is 7.05 Å². The predicted octanol–water partition coefficient (Wildman–Crippen LogP) is 4.87. The standard InChI is InChI=1S/C18H14ClF7N6O2S/c1-30(7-3-4-7)15(33)8-5-10(35-13(8)19)9-6-32(29-27-9)14-11(34-16(20)21)12(28-31(14)2)17(22,23)18(24,25)26/h5-7,16H,3-4H2,1-2H3. The van der Waals surface area contributed by atoms with Crippen LogP contribution in [-0.2, 0) is 13.0 Å². The monoisotopic (exact) mass is 546 g/mol. The minimum atomic E-state index is -6.13. The van der Waals surface area contributed by atoms with Gasteiger partial charge in [-0.15, -0.1) is 16.4 Å². The first-order chi connectivity index (χ1) is 16.2. The average molecular weight is 547 g/mol. The first-order valence-electron chi connectivity index (χ1n) is 9.68. The van der Waals surface area contributed by atoms with Crippen LogP contribution in [0.25, 0.3) is 16.4 Å². The van der Waals surface area contributed by atoms with Crippen LogP contribution in [0, 0.1) is 0 Å². The molecule has 17 heteroatoms. The molecular formula is C18H14ClF7N6O2S. The molecule has 1 aliphatic rings. The van der Waals surface area contributed by atoms with Gasteiger partial charge in [0.1, 0.15) is 10.0 Å². The summed E-state index contributed by atoms with van der Waals surface area (Å²) in [7, 11) is 2.57. The molecule has 0 atom stereocenters. The lowest BCUT2D eigenvalue weighted by molar-refractivity contribution is -0.291. The zero-order chi connectivity index (χ0) is 25.9. The predicted molar refractivity (Wildman–Crippen MR) is 108 cm³/mol. The molecule has 1 aliphatic carbocycles. The van der Waals surface area contributed by atoms with Crippen LogP contribution < -0.4 is 4.74 Å². The van der Waals surface area contributed by atoms with Gasteiger partial charge in [0, 0.05) is 20.1 Å². The van der Waals surface area contributed by atoms with Crippen molar-refractivity contribution in [2.45, 2.75) is 37.6 Å². The van der Waals surface area contributed by atoms with Gasteiger partial charge in [0.2, 0.25) is 0 Å². The van der Waals surface area contributed by atoms with Crippen molar-refractivity contribution in [2.75, 3.05) is 7.05 Å². The summed E-state index contributed by atoms with van der Waals surface area (Å²) in [6.07, 6.45) is -3.33. The molecule has 35 heavy (non-hydrogen) atoms. The van der Waals surface area contributed by atoms with Gasteiger partial charge in [0.15, 0.2) is 17.3 Å². The van der Waals surface area contributed by atoms with E-state index in [0.717, 1.165) is 37.4 Å². The summed E-state index contributed by atoms with van der Waals surface area (Å²) < 4.78 is 97.8. The Morgan fingerprint density at radius 1 is 1.29 bits per heavy atom. The molecule has 0 spiro atoms. The zero-order valence-corrected chi connectivity index (χ0v) is 19.2. The number of carbonyl (C=O) groups excluding carboxylic acids is 1. The molecule has 0 bridgehead atoms. The Labute approximate surface area is 200 Å². The number of aromatic nitrogens is 5. The summed E-state index contributed by atoms with van der Waals surface area (Å²) in [4.78, 5) is 14.5. The molecule has 8 nitrogen and oxygen atoms in total. The number of ether oxygens (including phenoxy) is 1. The van der Waals surface area contributed by atoms with Crippen molar-refractivity contribution in [1.29, 1.82) is 0 Å². The van der Waals surface area contributed by atoms with Gasteiger partial charge >= 0.3 is 18.7 Å². The summed E-state index contributed by atoms with van der Waals surface area (Å²) in [6, 6.07) is 1.54. The fourth-order valence-electron chi connectivity index (χ4n) is 3.22. The highest BCUT2D eigenvalue weighted by Gasteiger charge is 2.62. The first kappa shape index (κ1) is 25.2. The number of rotatable bonds is 7. The molecule has 0 N–H and O–H groups in total. The maximum absolute atomic E-state index is 14.0. The lowest BCUT2D eigenvalue weighted by Gasteiger charge is -2.18. The molecule has 1 saturated carbocycles. The number of hydrogen-bond donors (Lipinski definition) is 0. The van der Waals surface area contributed by atoms with Gasteiger partial charge < -0.3 is 9.64 Å². The number of nitrogens with zero attached hydrogens (tertiary/aromatic N) is 6. The average Bonchev–Trinajstić information content (AvgIpc) is 3.22. The van der Waals surface area contributed by atoms with Crippen LogP contribution in [0.4, 0.5) is 30.7 Å². The van der Waals surface area contributed by atoms with E-state index in [0.29, 0.717) is 14.2 Å². The summed E-state index contributed by atoms with van der Waals surface area (Å²) >= 11 is 7.14. The molecule has 0 saturated heterocycles. The molecular weight excluding hydrogens is 533 g/mol. The topological polar surface area (TPSA) is 78.1 Å². The second kappa shape index (κ2) is 8.65. The highest BCUT2D eigenvalue weighted by atomic mass is 35.5. The number of hydrogen-bond acceptors (Lipinski definition) is 6. The van der Waals surface area contributed by atoms with Gasteiger partial charge in [-0.25, -0.2) is 4.68 Å². The van der Waals surface area contributed by atoms with Crippen LogP contribution in [0.3, 0.4) is 0 Å². The molecule has 1 fully saturated rings. The number of thiophene rings is 1. The highest BCUT2D eigenvalue weighted by molar-refractivity contribution is 7.19. The molecule has 3 heterocycles. The van der Waals surface area contributed by atoms with Gasteiger partial charge in [-0.2, -0.15) is 40.5 Å². The molecule has 0 unspecified atom stereocenters. The quantitative estimate of drug-likeness (QED) is 0.395. The SMILES string of the molecule is CN(C(=O)c1cc(-c2cn(-c3c(OC(F)F)c(C(F)(F)C(F)(F)F)nn3C)nn2)sc1Cl)C1CC1. The van der Waals surface area contributed by atoms with Gasteiger partial charge in [-0.1, -0.05) is 16.8 Å². The molecule has 4 rings (SSSR count). The van der Waals surface area contributed by atoms with E-state index in [2.05, 4.69) is 20.1 Å². The normalized spacial score (nSPS) is 14.6. The number of carbonyl (C=O) groups is 1. The van der Waals surface area contributed by atoms with E-state index in [1.165, 1.54) is 6.07 Å². The Balaban J connectivity index is 1.73. The van der Waals surface area contributed by atoms with E-state index in [4.69, 9.17) is 11.6 Å². The second-order valence-corrected chi connectivity index (χ2v) is 9.22. The van der Waals surface area contributed by atoms with E-state index in [1.807, 2.05) is 0 Å². The summed E-state index contributed by atoms with van der Waals surface area (Å²) in [5, 5.41) is 10.5. The fraction of sp³-hybridized carbons (Fsp3) is 0.444. The molecule has 3 aromatic heterocycles. The first-order valence-corrected chi connectivity index (χ1v) is 10.9. The lowest BCUT2D eigenvalue weighted by Crippen LogP contribution is -2.34. The van der Waals surface area contributed by atoms with Crippen LogP contribution in [0.5, 0.6) is 5.75 Å². The van der Waals surface area contributed by atoms with E-state index in [9.17, 15) is 35.5 Å². The Morgan fingerprint density at radius 2 is 1.94 bits per heavy atom. The summed E-state index contributed by atoms with van der Waals surface area (Å²) in [6.45, 7) is -3.74. The van der Waals surface area contributed by atoms with Crippen molar-refractivity contribution < 1.29 is 40.3 Å². The third-order valence-electron chi connectivity index (χ3n) is 5.13. The summed E-state index contributed by atoms with van der Waals surface area (Å²) in [5.74, 6) is -8.20. The van der Waals surface area contributed by atoms with Crippen molar-refractivity contribution >= 4 is 28.8 Å². The zero-order valence-electron chi connectivity index (χ0n) is 17.7. The van der Waals surface area contributed by atoms with Gasteiger partial charge in [-0.3, -0.25) is 4.79 Å². The third kappa shape index (κ3) is 4.55. The third-order valence-corrected chi connectivity index (χ3v) is 6.51. The minimum absolute atomic E-state index is 0.0401. The number of aryl methyl sites for hydroxylation is 1. The molecule has 190 valence electrons. The Bertz CT molecular complexity index is 1270. The fourth-order valence-corrected chi connectivity index (χ4v) is 4.43. The van der Waals surface area contributed by atoms with Gasteiger partial charge in [0.25, 0.3) is 5.91 Å². The summed E-state index contributed by atoms with van der Waals surface area (Å²) in [5.41, 5.74) is -1.83. The Kier molecular flexibility index (Phi) is 6.24. The molecule has 3 aromatic rings. The maximum atomic E-state index is 14.0. The molecule has 0 radical (unpaired) electrons. The van der Waals surface area contributed by atoms with E-state index in [-0.39, 0.29) is 27.5 Å². The Hall–Kier alpha value is -2.88. The number of alkyl halides is 7. The van der Waals surface area contributed by atoms with Crippen LogP contribution in [-0.4, -0.2) is 61.5 Å². The molecule has 1 amide bonds. The van der Waals surface area contributed by atoms with Crippen LogP contribution in [0.2, 0.25) is 4.34 Å². The van der Waals surface area contributed by atoms with E-state index in [1.54, 1.807) is 11.9 Å². The molecule has 0 aromatic carbocycles. The minimum Gasteiger partial charge on any atom is -0.428 e. The highest BCUT2D eigenvalue weighted by Crippen LogP contribution is 2.48. The number of halogens is 8. The largest absolute Gasteiger partial charge is 0.459 e. The van der Waals surface area contributed by atoms with E-state index >= 15 is 0 Å². The van der Waals surface area contributed by atoms with Crippen LogP contribution >= 0.6 is 22.9 Å². The van der Waals surface area contributed by atoms with Crippen molar-refractivity contribution in [3.05, 3.63) is 27.9 Å². The van der Waals surface area contributed by atoms with Crippen molar-refractivity contribution in [3.63, 3.8) is 0 Å². The van der Waals surface area contributed by atoms with Gasteiger partial charge in [0.05, 0.1) is 16.6 Å². The van der Waals surface area contributed by atoms with Crippen molar-refractivity contribution in [1.82, 2.24) is 29.7 Å². The van der Waals surface area contributed by atoms with Crippen LogP contribution in [0.1, 0.15) is 28.9 Å². The van der Waals surface area contributed by atoms with Gasteiger partial charge in [-0.05, 0) is 18.9 Å². The molecule has 0 aliphatic heterocycles. The lowest BCUT2D eigenvalue weighted by atomic mass is 10.2. The van der Waals surface area contributed by atoms with Crippen LogP contribution in [0.15, 0.2) is 12.3 Å². The number of amides is 1.